The van der Waals surface area contributed by atoms with Gasteiger partial charge in [-0.2, -0.15) is 0 Å². The van der Waals surface area contributed by atoms with Crippen LogP contribution in [0.25, 0.3) is 0 Å². The molecule has 0 radical (unpaired) electrons. The van der Waals surface area contributed by atoms with Crippen LogP contribution >= 0.6 is 22.9 Å². The number of nitrogens with one attached hydrogen (secondary N) is 1. The van der Waals surface area contributed by atoms with Gasteiger partial charge in [-0.15, -0.1) is 11.3 Å². The van der Waals surface area contributed by atoms with Gasteiger partial charge in [-0.05, 0) is 68.2 Å². The summed E-state index contributed by atoms with van der Waals surface area (Å²) in [5.41, 5.74) is 0. The van der Waals surface area contributed by atoms with E-state index in [9.17, 15) is 0 Å². The third kappa shape index (κ3) is 5.05. The first kappa shape index (κ1) is 16.3. The molecule has 1 heterocycles. The van der Waals surface area contributed by atoms with Gasteiger partial charge in [0.15, 0.2) is 0 Å². The second-order valence-corrected chi connectivity index (χ2v) is 8.70. The summed E-state index contributed by atoms with van der Waals surface area (Å²) in [5, 5.41) is 3.67. The normalized spacial score (nSPS) is 27.1. The number of halogens is 1. The van der Waals surface area contributed by atoms with Crippen LogP contribution < -0.4 is 5.32 Å². The van der Waals surface area contributed by atoms with Crippen molar-refractivity contribution in [2.45, 2.75) is 46.5 Å². The lowest BCUT2D eigenvalue weighted by atomic mass is 9.73. The van der Waals surface area contributed by atoms with Gasteiger partial charge in [-0.1, -0.05) is 38.8 Å². The van der Waals surface area contributed by atoms with Crippen molar-refractivity contribution in [1.29, 1.82) is 0 Å². The Morgan fingerprint density at radius 2 is 2.10 bits per heavy atom. The maximum atomic E-state index is 6.07. The summed E-state index contributed by atoms with van der Waals surface area (Å²) >= 11 is 7.83. The molecule has 0 aromatic carbocycles. The highest BCUT2D eigenvalue weighted by Crippen LogP contribution is 2.37. The van der Waals surface area contributed by atoms with Crippen molar-refractivity contribution in [2.75, 3.05) is 13.1 Å². The van der Waals surface area contributed by atoms with Gasteiger partial charge in [-0.25, -0.2) is 0 Å². The highest BCUT2D eigenvalue weighted by atomic mass is 35.5. The lowest BCUT2D eigenvalue weighted by molar-refractivity contribution is 0.183. The van der Waals surface area contributed by atoms with Crippen LogP contribution in [0.2, 0.25) is 4.34 Å². The SMILES string of the molecule is CC(C)CNCC1CCC(C)CC1Cc1ccc(Cl)s1. The second kappa shape index (κ2) is 7.82. The molecule has 1 aromatic rings. The van der Waals surface area contributed by atoms with Gasteiger partial charge in [0.05, 0.1) is 4.34 Å². The predicted molar refractivity (Wildman–Crippen MR) is 90.7 cm³/mol. The van der Waals surface area contributed by atoms with Gasteiger partial charge >= 0.3 is 0 Å². The van der Waals surface area contributed by atoms with E-state index in [1.807, 2.05) is 6.07 Å². The summed E-state index contributed by atoms with van der Waals surface area (Å²) in [6, 6.07) is 4.25. The second-order valence-electron chi connectivity index (χ2n) is 6.90. The van der Waals surface area contributed by atoms with Crippen LogP contribution in [0.4, 0.5) is 0 Å². The number of thiophene rings is 1. The van der Waals surface area contributed by atoms with Gasteiger partial charge in [0.25, 0.3) is 0 Å². The molecule has 3 unspecified atom stereocenters. The Labute approximate surface area is 133 Å². The van der Waals surface area contributed by atoms with Gasteiger partial charge in [0, 0.05) is 4.88 Å². The topological polar surface area (TPSA) is 12.0 Å². The Hall–Kier alpha value is -0.0500. The minimum atomic E-state index is 0.743. The maximum absolute atomic E-state index is 6.07. The van der Waals surface area contributed by atoms with Gasteiger partial charge < -0.3 is 5.32 Å². The van der Waals surface area contributed by atoms with Gasteiger partial charge in [0.1, 0.15) is 0 Å². The molecule has 1 N–H and O–H groups in total. The fraction of sp³-hybridized carbons (Fsp3) is 0.765. The molecule has 0 aliphatic heterocycles. The summed E-state index contributed by atoms with van der Waals surface area (Å²) in [5.74, 6) is 3.29. The minimum Gasteiger partial charge on any atom is -0.316 e. The van der Waals surface area contributed by atoms with E-state index in [1.165, 1.54) is 37.1 Å². The summed E-state index contributed by atoms with van der Waals surface area (Å²) in [4.78, 5) is 1.46. The van der Waals surface area contributed by atoms with E-state index in [4.69, 9.17) is 11.6 Å². The molecule has 0 spiro atoms. The van der Waals surface area contributed by atoms with E-state index in [-0.39, 0.29) is 0 Å². The van der Waals surface area contributed by atoms with E-state index >= 15 is 0 Å². The van der Waals surface area contributed by atoms with Crippen LogP contribution in [0.3, 0.4) is 0 Å². The van der Waals surface area contributed by atoms with Crippen molar-refractivity contribution in [2.24, 2.45) is 23.7 Å². The zero-order valence-electron chi connectivity index (χ0n) is 13.0. The van der Waals surface area contributed by atoms with E-state index < -0.39 is 0 Å². The van der Waals surface area contributed by atoms with Crippen molar-refractivity contribution in [3.8, 4) is 0 Å². The average molecular weight is 314 g/mol. The Morgan fingerprint density at radius 1 is 1.30 bits per heavy atom. The molecule has 2 rings (SSSR count). The van der Waals surface area contributed by atoms with E-state index in [1.54, 1.807) is 11.3 Å². The quantitative estimate of drug-likeness (QED) is 0.757. The predicted octanol–water partition coefficient (Wildman–Crippen LogP) is 5.24. The smallest absolute Gasteiger partial charge is 0.0931 e. The van der Waals surface area contributed by atoms with Gasteiger partial charge in [-0.3, -0.25) is 0 Å². The third-order valence-electron chi connectivity index (χ3n) is 4.45. The van der Waals surface area contributed by atoms with Crippen LogP contribution in [0.1, 0.15) is 44.9 Å². The molecular weight excluding hydrogens is 286 g/mol. The van der Waals surface area contributed by atoms with Crippen LogP contribution in [-0.2, 0) is 6.42 Å². The summed E-state index contributed by atoms with van der Waals surface area (Å²) in [7, 11) is 0. The zero-order valence-corrected chi connectivity index (χ0v) is 14.6. The Morgan fingerprint density at radius 3 is 2.75 bits per heavy atom. The molecule has 0 saturated heterocycles. The molecule has 1 fully saturated rings. The molecule has 0 bridgehead atoms. The fourth-order valence-corrected chi connectivity index (χ4v) is 4.54. The fourth-order valence-electron chi connectivity index (χ4n) is 3.36. The molecule has 3 heteroatoms. The Balaban J connectivity index is 1.90. The lowest BCUT2D eigenvalue weighted by Gasteiger charge is -2.35. The third-order valence-corrected chi connectivity index (χ3v) is 5.71. The molecule has 1 saturated carbocycles. The van der Waals surface area contributed by atoms with Crippen molar-refractivity contribution < 1.29 is 0 Å². The van der Waals surface area contributed by atoms with Crippen LogP contribution in [0.5, 0.6) is 0 Å². The maximum Gasteiger partial charge on any atom is 0.0931 e. The first-order valence-electron chi connectivity index (χ1n) is 7.99. The summed E-state index contributed by atoms with van der Waals surface area (Å²) in [6.07, 6.45) is 5.38. The van der Waals surface area contributed by atoms with Crippen LogP contribution in [0.15, 0.2) is 12.1 Å². The minimum absolute atomic E-state index is 0.743. The highest BCUT2D eigenvalue weighted by molar-refractivity contribution is 7.16. The number of hydrogen-bond donors (Lipinski definition) is 1. The first-order valence-corrected chi connectivity index (χ1v) is 9.19. The molecule has 1 aliphatic rings. The largest absolute Gasteiger partial charge is 0.316 e. The Bertz CT molecular complexity index is 401. The van der Waals surface area contributed by atoms with Crippen molar-refractivity contribution >= 4 is 22.9 Å². The van der Waals surface area contributed by atoms with E-state index in [2.05, 4.69) is 32.2 Å². The van der Waals surface area contributed by atoms with Gasteiger partial charge in [0.2, 0.25) is 0 Å². The van der Waals surface area contributed by atoms with E-state index in [0.29, 0.717) is 0 Å². The van der Waals surface area contributed by atoms with Crippen LogP contribution in [-0.4, -0.2) is 13.1 Å². The first-order chi connectivity index (χ1) is 9.54. The van der Waals surface area contributed by atoms with Crippen molar-refractivity contribution in [3.05, 3.63) is 21.3 Å². The van der Waals surface area contributed by atoms with Crippen molar-refractivity contribution in [3.63, 3.8) is 0 Å². The average Bonchev–Trinajstić information content (AvgIpc) is 2.77. The molecule has 20 heavy (non-hydrogen) atoms. The number of hydrogen-bond acceptors (Lipinski definition) is 2. The molecule has 1 aromatic heterocycles. The lowest BCUT2D eigenvalue weighted by Crippen LogP contribution is -2.35. The molecule has 0 amide bonds. The number of rotatable bonds is 6. The molecule has 1 nitrogen and oxygen atoms in total. The zero-order chi connectivity index (χ0) is 14.5. The monoisotopic (exact) mass is 313 g/mol. The molecular formula is C17H28ClNS. The highest BCUT2D eigenvalue weighted by Gasteiger charge is 2.28. The van der Waals surface area contributed by atoms with E-state index in [0.717, 1.165) is 34.6 Å². The summed E-state index contributed by atoms with van der Waals surface area (Å²) in [6.45, 7) is 9.30. The van der Waals surface area contributed by atoms with Crippen molar-refractivity contribution in [1.82, 2.24) is 5.32 Å². The molecule has 1 aliphatic carbocycles. The standard InChI is InChI=1S/C17H28ClNS/c1-12(2)10-19-11-14-5-4-13(3)8-15(14)9-16-6-7-17(18)20-16/h6-7,12-15,19H,4-5,8-11H2,1-3H3. The molecule has 3 atom stereocenters. The van der Waals surface area contributed by atoms with Crippen LogP contribution in [0, 0.1) is 23.7 Å². The summed E-state index contributed by atoms with van der Waals surface area (Å²) < 4.78 is 0.929. The Kier molecular flexibility index (Phi) is 6.38. The molecule has 114 valence electrons.